The summed E-state index contributed by atoms with van der Waals surface area (Å²) in [6, 6.07) is 12.1. The topological polar surface area (TPSA) is 88.4 Å². The highest BCUT2D eigenvalue weighted by atomic mass is 32.1. The van der Waals surface area contributed by atoms with Gasteiger partial charge < -0.3 is 18.9 Å². The molecule has 0 saturated heterocycles. The number of ether oxygens (including phenoxy) is 4. The van der Waals surface area contributed by atoms with Crippen LogP contribution in [0.15, 0.2) is 63.5 Å². The maximum Gasteiger partial charge on any atom is 0.338 e. The zero-order valence-electron chi connectivity index (χ0n) is 22.4. The van der Waals surface area contributed by atoms with Gasteiger partial charge in [-0.05, 0) is 61.7 Å². The Morgan fingerprint density at radius 3 is 2.45 bits per heavy atom. The van der Waals surface area contributed by atoms with Crippen LogP contribution < -0.4 is 29.1 Å². The van der Waals surface area contributed by atoms with Crippen LogP contribution in [0.5, 0.6) is 17.2 Å². The van der Waals surface area contributed by atoms with Crippen LogP contribution in [0, 0.1) is 5.92 Å². The molecular formula is C29H32N2O6S. The van der Waals surface area contributed by atoms with Gasteiger partial charge >= 0.3 is 5.97 Å². The summed E-state index contributed by atoms with van der Waals surface area (Å²) in [4.78, 5) is 32.1. The molecule has 200 valence electrons. The molecule has 9 heteroatoms. The van der Waals surface area contributed by atoms with Gasteiger partial charge in [-0.2, -0.15) is 0 Å². The molecule has 0 amide bonds. The molecule has 0 fully saturated rings. The van der Waals surface area contributed by atoms with Gasteiger partial charge in [0.15, 0.2) is 4.80 Å². The highest BCUT2D eigenvalue weighted by Crippen LogP contribution is 2.37. The number of hydrogen-bond acceptors (Lipinski definition) is 8. The third-order valence-corrected chi connectivity index (χ3v) is 6.99. The number of carbonyl (C=O) groups excluding carboxylic acids is 1. The molecule has 2 aromatic carbocycles. The molecule has 0 radical (unpaired) electrons. The predicted molar refractivity (Wildman–Crippen MR) is 147 cm³/mol. The Kier molecular flexibility index (Phi) is 8.36. The molecule has 0 N–H and O–H groups in total. The van der Waals surface area contributed by atoms with Gasteiger partial charge in [-0.25, -0.2) is 9.79 Å². The number of esters is 1. The lowest BCUT2D eigenvalue weighted by molar-refractivity contribution is -0.139. The van der Waals surface area contributed by atoms with E-state index in [0.29, 0.717) is 44.6 Å². The molecule has 1 atom stereocenters. The average molecular weight is 537 g/mol. The van der Waals surface area contributed by atoms with E-state index < -0.39 is 12.0 Å². The number of nitrogens with zero attached hydrogens (tertiary/aromatic N) is 2. The summed E-state index contributed by atoms with van der Waals surface area (Å²) in [7, 11) is 3.10. The Morgan fingerprint density at radius 1 is 1.11 bits per heavy atom. The summed E-state index contributed by atoms with van der Waals surface area (Å²) < 4.78 is 24.2. The average Bonchev–Trinajstić information content (AvgIpc) is 3.21. The van der Waals surface area contributed by atoms with Gasteiger partial charge in [0.1, 0.15) is 23.3 Å². The van der Waals surface area contributed by atoms with Crippen LogP contribution in [0.1, 0.15) is 44.9 Å². The van der Waals surface area contributed by atoms with Gasteiger partial charge in [0.05, 0.1) is 43.2 Å². The SMILES string of the molecule is CCOC(=O)C1=C(C)N=c2s/c(=C/c3ccc(OCC(C)C)cc3)c(=O)n2[C@@H]1c1cc(OC)ccc1OC. The third kappa shape index (κ3) is 5.52. The van der Waals surface area contributed by atoms with Crippen molar-refractivity contribution in [3.05, 3.63) is 84.5 Å². The largest absolute Gasteiger partial charge is 0.497 e. The van der Waals surface area contributed by atoms with E-state index in [-0.39, 0.29) is 17.7 Å². The fourth-order valence-corrected chi connectivity index (χ4v) is 5.26. The van der Waals surface area contributed by atoms with Crippen molar-refractivity contribution < 1.29 is 23.7 Å². The number of hydrogen-bond donors (Lipinski definition) is 0. The van der Waals surface area contributed by atoms with Crippen LogP contribution in [-0.2, 0) is 9.53 Å². The molecule has 2 heterocycles. The van der Waals surface area contributed by atoms with Crippen LogP contribution in [0.25, 0.3) is 6.08 Å². The van der Waals surface area contributed by atoms with Crippen molar-refractivity contribution in [2.75, 3.05) is 27.4 Å². The lowest BCUT2D eigenvalue weighted by Gasteiger charge is -2.26. The molecule has 38 heavy (non-hydrogen) atoms. The van der Waals surface area contributed by atoms with Crippen LogP contribution in [0.2, 0.25) is 0 Å². The first-order valence-electron chi connectivity index (χ1n) is 12.4. The maximum atomic E-state index is 13.8. The highest BCUT2D eigenvalue weighted by Gasteiger charge is 2.35. The fourth-order valence-electron chi connectivity index (χ4n) is 4.21. The predicted octanol–water partition coefficient (Wildman–Crippen LogP) is 3.85. The molecule has 4 rings (SSSR count). The molecule has 1 aliphatic heterocycles. The van der Waals surface area contributed by atoms with E-state index in [1.54, 1.807) is 46.3 Å². The summed E-state index contributed by atoms with van der Waals surface area (Å²) in [5.74, 6) is 1.75. The summed E-state index contributed by atoms with van der Waals surface area (Å²) >= 11 is 1.27. The Morgan fingerprint density at radius 2 is 1.82 bits per heavy atom. The smallest absolute Gasteiger partial charge is 0.338 e. The maximum absolute atomic E-state index is 13.8. The summed E-state index contributed by atoms with van der Waals surface area (Å²) in [6.45, 7) is 8.50. The van der Waals surface area contributed by atoms with Gasteiger partial charge in [0.25, 0.3) is 5.56 Å². The Bertz CT molecular complexity index is 1530. The summed E-state index contributed by atoms with van der Waals surface area (Å²) in [5.41, 5.74) is 1.95. The second-order valence-corrected chi connectivity index (χ2v) is 10.2. The monoisotopic (exact) mass is 536 g/mol. The standard InChI is InChI=1S/C29H32N2O6S/c1-7-36-28(33)25-18(4)30-29-31(26(25)22-15-21(34-5)12-13-23(22)35-6)27(32)24(38-29)14-19-8-10-20(11-9-19)37-16-17(2)3/h8-15,17,26H,7,16H2,1-6H3/b24-14+/t26-/m1/s1. The van der Waals surface area contributed by atoms with Gasteiger partial charge in [-0.15, -0.1) is 0 Å². The quantitative estimate of drug-likeness (QED) is 0.386. The van der Waals surface area contributed by atoms with E-state index in [2.05, 4.69) is 18.8 Å². The number of benzene rings is 2. The molecule has 0 spiro atoms. The van der Waals surface area contributed by atoms with E-state index in [0.717, 1.165) is 11.3 Å². The van der Waals surface area contributed by atoms with Crippen LogP contribution in [0.3, 0.4) is 0 Å². The van der Waals surface area contributed by atoms with Crippen molar-refractivity contribution >= 4 is 23.4 Å². The minimum absolute atomic E-state index is 0.193. The molecular weight excluding hydrogens is 504 g/mol. The number of rotatable bonds is 9. The number of thiazole rings is 1. The van der Waals surface area contributed by atoms with Crippen molar-refractivity contribution in [1.29, 1.82) is 0 Å². The van der Waals surface area contributed by atoms with Crippen molar-refractivity contribution in [2.24, 2.45) is 10.9 Å². The second kappa shape index (κ2) is 11.7. The zero-order valence-corrected chi connectivity index (χ0v) is 23.3. The van der Waals surface area contributed by atoms with E-state index in [1.807, 2.05) is 30.3 Å². The van der Waals surface area contributed by atoms with Gasteiger partial charge in [0.2, 0.25) is 0 Å². The van der Waals surface area contributed by atoms with Crippen LogP contribution in [-0.4, -0.2) is 38.0 Å². The van der Waals surface area contributed by atoms with Gasteiger partial charge in [0, 0.05) is 5.56 Å². The number of fused-ring (bicyclic) bond motifs is 1. The van der Waals surface area contributed by atoms with Crippen molar-refractivity contribution in [2.45, 2.75) is 33.7 Å². The molecule has 8 nitrogen and oxygen atoms in total. The van der Waals surface area contributed by atoms with Gasteiger partial charge in [-0.3, -0.25) is 9.36 Å². The first-order valence-corrected chi connectivity index (χ1v) is 13.2. The van der Waals surface area contributed by atoms with Crippen LogP contribution in [0.4, 0.5) is 0 Å². The Labute approximate surface area is 225 Å². The Balaban J connectivity index is 1.87. The number of carbonyl (C=O) groups is 1. The minimum atomic E-state index is -0.802. The summed E-state index contributed by atoms with van der Waals surface area (Å²) in [5, 5.41) is 0. The highest BCUT2D eigenvalue weighted by molar-refractivity contribution is 7.07. The van der Waals surface area contributed by atoms with Crippen molar-refractivity contribution in [3.63, 3.8) is 0 Å². The molecule has 0 aliphatic carbocycles. The van der Waals surface area contributed by atoms with Gasteiger partial charge in [-0.1, -0.05) is 37.3 Å². The molecule has 0 saturated carbocycles. The summed E-state index contributed by atoms with van der Waals surface area (Å²) in [6.07, 6.45) is 1.82. The van der Waals surface area contributed by atoms with Crippen molar-refractivity contribution in [1.82, 2.24) is 4.57 Å². The zero-order chi connectivity index (χ0) is 27.4. The molecule has 3 aromatic rings. The van der Waals surface area contributed by atoms with Crippen LogP contribution >= 0.6 is 11.3 Å². The lowest BCUT2D eigenvalue weighted by atomic mass is 9.94. The normalized spacial score (nSPS) is 15.2. The fraction of sp³-hybridized carbons (Fsp3) is 0.345. The number of aromatic nitrogens is 1. The third-order valence-electron chi connectivity index (χ3n) is 6.01. The number of allylic oxidation sites excluding steroid dienone is 1. The second-order valence-electron chi connectivity index (χ2n) is 9.18. The van der Waals surface area contributed by atoms with E-state index in [9.17, 15) is 9.59 Å². The molecule has 0 bridgehead atoms. The first kappa shape index (κ1) is 27.2. The van der Waals surface area contributed by atoms with E-state index >= 15 is 0 Å². The number of methoxy groups -OCH3 is 2. The molecule has 1 aliphatic rings. The minimum Gasteiger partial charge on any atom is -0.497 e. The van der Waals surface area contributed by atoms with E-state index in [4.69, 9.17) is 18.9 Å². The van der Waals surface area contributed by atoms with E-state index in [1.165, 1.54) is 15.9 Å². The molecule has 1 aromatic heterocycles. The molecule has 0 unspecified atom stereocenters. The first-order chi connectivity index (χ1) is 18.3. The Hall–Kier alpha value is -3.85. The lowest BCUT2D eigenvalue weighted by Crippen LogP contribution is -2.40. The van der Waals surface area contributed by atoms with Crippen molar-refractivity contribution in [3.8, 4) is 17.2 Å².